The number of nitrogens with zero attached hydrogens (tertiary/aromatic N) is 2. The van der Waals surface area contributed by atoms with Gasteiger partial charge in [-0.2, -0.15) is 0 Å². The highest BCUT2D eigenvalue weighted by molar-refractivity contribution is 9.10. The Labute approximate surface area is 134 Å². The number of pyridine rings is 2. The van der Waals surface area contributed by atoms with Gasteiger partial charge in [-0.3, -0.25) is 0 Å². The summed E-state index contributed by atoms with van der Waals surface area (Å²) >= 11 is 3.07. The SMILES string of the molecule is Fc1cnc2[nH]cc(Br)c2c1F.Fc1cnc2[nH]ccc2c1F. The monoisotopic (exact) mass is 386 g/mol. The molecule has 0 unspecified atom stereocenters. The van der Waals surface area contributed by atoms with Crippen molar-refractivity contribution in [2.75, 3.05) is 0 Å². The van der Waals surface area contributed by atoms with Crippen LogP contribution < -0.4 is 0 Å². The highest BCUT2D eigenvalue weighted by Crippen LogP contribution is 2.25. The molecule has 0 aliphatic rings. The number of hydrogen-bond acceptors (Lipinski definition) is 2. The zero-order chi connectivity index (χ0) is 16.6. The summed E-state index contributed by atoms with van der Waals surface area (Å²) in [6.07, 6.45) is 4.73. The standard InChI is InChI=1S/C7H3BrF2N2.C7H4F2N2/c8-3-1-11-7-5(3)6(10)4(9)2-12-7;8-5-3-11-7-4(6(5)9)1-2-10-7/h1-2H,(H,11,12);1-3H,(H,10,11). The molecule has 2 N–H and O–H groups in total. The summed E-state index contributed by atoms with van der Waals surface area (Å²) < 4.78 is 51.4. The average molecular weight is 387 g/mol. The van der Waals surface area contributed by atoms with Crippen LogP contribution in [0.2, 0.25) is 0 Å². The van der Waals surface area contributed by atoms with Gasteiger partial charge < -0.3 is 9.97 Å². The summed E-state index contributed by atoms with van der Waals surface area (Å²) in [4.78, 5) is 12.7. The van der Waals surface area contributed by atoms with E-state index in [0.717, 1.165) is 12.4 Å². The number of rotatable bonds is 0. The Morgan fingerprint density at radius 2 is 1.52 bits per heavy atom. The molecule has 4 heterocycles. The number of hydrogen-bond donors (Lipinski definition) is 2. The maximum Gasteiger partial charge on any atom is 0.177 e. The molecule has 0 aliphatic carbocycles. The smallest absolute Gasteiger partial charge is 0.177 e. The average Bonchev–Trinajstić information content (AvgIpc) is 3.15. The molecule has 0 aromatic carbocycles. The number of nitrogens with one attached hydrogen (secondary N) is 2. The van der Waals surface area contributed by atoms with Crippen molar-refractivity contribution in [3.63, 3.8) is 0 Å². The molecule has 118 valence electrons. The Morgan fingerprint density at radius 3 is 2.26 bits per heavy atom. The van der Waals surface area contributed by atoms with E-state index in [1.54, 1.807) is 0 Å². The third-order valence-electron chi connectivity index (χ3n) is 3.03. The van der Waals surface area contributed by atoms with Crippen LogP contribution in [0.1, 0.15) is 0 Å². The van der Waals surface area contributed by atoms with Crippen molar-refractivity contribution in [1.82, 2.24) is 19.9 Å². The minimum Gasteiger partial charge on any atom is -0.346 e. The molecule has 0 aliphatic heterocycles. The molecule has 0 amide bonds. The Hall–Kier alpha value is -2.42. The molecule has 0 atom stereocenters. The summed E-state index contributed by atoms with van der Waals surface area (Å²) in [6, 6.07) is 1.45. The highest BCUT2D eigenvalue weighted by Gasteiger charge is 2.12. The highest BCUT2D eigenvalue weighted by atomic mass is 79.9. The van der Waals surface area contributed by atoms with Crippen molar-refractivity contribution in [3.05, 3.63) is 58.6 Å². The fourth-order valence-corrected chi connectivity index (χ4v) is 2.42. The summed E-state index contributed by atoms with van der Waals surface area (Å²) in [5.41, 5.74) is 0.699. The number of aromatic nitrogens is 4. The van der Waals surface area contributed by atoms with Gasteiger partial charge in [-0.25, -0.2) is 27.5 Å². The normalized spacial score (nSPS) is 10.8. The number of aromatic amines is 2. The first kappa shape index (κ1) is 15.5. The number of fused-ring (bicyclic) bond motifs is 2. The molecule has 0 radical (unpaired) electrons. The molecular weight excluding hydrogens is 380 g/mol. The Bertz CT molecular complexity index is 995. The molecule has 0 spiro atoms. The van der Waals surface area contributed by atoms with Gasteiger partial charge in [-0.05, 0) is 22.0 Å². The molecule has 23 heavy (non-hydrogen) atoms. The van der Waals surface area contributed by atoms with Gasteiger partial charge in [-0.1, -0.05) is 0 Å². The maximum atomic E-state index is 13.0. The molecule has 0 fully saturated rings. The van der Waals surface area contributed by atoms with E-state index in [1.807, 2.05) is 0 Å². The second-order valence-corrected chi connectivity index (χ2v) is 5.29. The summed E-state index contributed by atoms with van der Waals surface area (Å²) in [6.45, 7) is 0. The molecule has 4 rings (SSSR count). The third-order valence-corrected chi connectivity index (χ3v) is 3.65. The minimum absolute atomic E-state index is 0.148. The van der Waals surface area contributed by atoms with Crippen LogP contribution in [0.3, 0.4) is 0 Å². The van der Waals surface area contributed by atoms with Crippen molar-refractivity contribution >= 4 is 38.0 Å². The van der Waals surface area contributed by atoms with Crippen LogP contribution in [-0.2, 0) is 0 Å². The summed E-state index contributed by atoms with van der Waals surface area (Å²) in [7, 11) is 0. The zero-order valence-corrected chi connectivity index (χ0v) is 12.8. The van der Waals surface area contributed by atoms with Crippen LogP contribution in [-0.4, -0.2) is 19.9 Å². The van der Waals surface area contributed by atoms with E-state index < -0.39 is 23.3 Å². The predicted octanol–water partition coefficient (Wildman–Crippen LogP) is 4.44. The molecule has 4 aromatic heterocycles. The maximum absolute atomic E-state index is 13.0. The van der Waals surface area contributed by atoms with Crippen LogP contribution in [0.5, 0.6) is 0 Å². The molecule has 9 heteroatoms. The number of H-pyrrole nitrogens is 2. The molecule has 4 aromatic rings. The van der Waals surface area contributed by atoms with Gasteiger partial charge >= 0.3 is 0 Å². The van der Waals surface area contributed by atoms with Crippen LogP contribution >= 0.6 is 15.9 Å². The third kappa shape index (κ3) is 2.79. The fraction of sp³-hybridized carbons (Fsp3) is 0. The van der Waals surface area contributed by atoms with E-state index in [-0.39, 0.29) is 10.8 Å². The zero-order valence-electron chi connectivity index (χ0n) is 11.2. The van der Waals surface area contributed by atoms with Gasteiger partial charge in [0, 0.05) is 16.9 Å². The van der Waals surface area contributed by atoms with Crippen molar-refractivity contribution in [2.24, 2.45) is 0 Å². The first-order chi connectivity index (χ1) is 11.0. The largest absolute Gasteiger partial charge is 0.346 e. The van der Waals surface area contributed by atoms with Gasteiger partial charge in [0.2, 0.25) is 0 Å². The predicted molar refractivity (Wildman–Crippen MR) is 79.7 cm³/mol. The van der Waals surface area contributed by atoms with Crippen LogP contribution in [0.4, 0.5) is 17.6 Å². The van der Waals surface area contributed by atoms with Crippen molar-refractivity contribution in [1.29, 1.82) is 0 Å². The van der Waals surface area contributed by atoms with Crippen molar-refractivity contribution in [3.8, 4) is 0 Å². The molecule has 0 saturated heterocycles. The second-order valence-electron chi connectivity index (χ2n) is 4.44. The van der Waals surface area contributed by atoms with Crippen LogP contribution in [0.15, 0.2) is 35.3 Å². The first-order valence-corrected chi connectivity index (χ1v) is 7.02. The van der Waals surface area contributed by atoms with Crippen molar-refractivity contribution < 1.29 is 17.6 Å². The summed E-state index contributed by atoms with van der Waals surface area (Å²) in [5.74, 6) is -3.59. The Kier molecular flexibility index (Phi) is 4.03. The second kappa shape index (κ2) is 5.99. The van der Waals surface area contributed by atoms with E-state index >= 15 is 0 Å². The first-order valence-electron chi connectivity index (χ1n) is 6.22. The van der Waals surface area contributed by atoms with Gasteiger partial charge in [-0.15, -0.1) is 0 Å². The van der Waals surface area contributed by atoms with E-state index in [9.17, 15) is 17.6 Å². The lowest BCUT2D eigenvalue weighted by atomic mass is 10.3. The van der Waals surface area contributed by atoms with E-state index in [0.29, 0.717) is 15.8 Å². The lowest BCUT2D eigenvalue weighted by Gasteiger charge is -1.93. The lowest BCUT2D eigenvalue weighted by molar-refractivity contribution is 0.513. The van der Waals surface area contributed by atoms with Gasteiger partial charge in [0.25, 0.3) is 0 Å². The summed E-state index contributed by atoms with van der Waals surface area (Å²) in [5, 5.41) is 0.333. The van der Waals surface area contributed by atoms with Gasteiger partial charge in [0.05, 0.1) is 23.2 Å². The molecular formula is C14H7BrF4N4. The van der Waals surface area contributed by atoms with Crippen LogP contribution in [0.25, 0.3) is 22.1 Å². The molecule has 0 bridgehead atoms. The fourth-order valence-electron chi connectivity index (χ4n) is 1.95. The topological polar surface area (TPSA) is 57.4 Å². The Morgan fingerprint density at radius 1 is 0.870 bits per heavy atom. The van der Waals surface area contributed by atoms with E-state index in [1.165, 1.54) is 18.5 Å². The van der Waals surface area contributed by atoms with Gasteiger partial charge in [0.15, 0.2) is 23.3 Å². The van der Waals surface area contributed by atoms with Crippen molar-refractivity contribution in [2.45, 2.75) is 0 Å². The molecule has 0 saturated carbocycles. The number of halogens is 5. The minimum atomic E-state index is -0.942. The van der Waals surface area contributed by atoms with Gasteiger partial charge in [0.1, 0.15) is 11.3 Å². The Balaban J connectivity index is 0.000000136. The quantitative estimate of drug-likeness (QED) is 0.438. The van der Waals surface area contributed by atoms with E-state index in [4.69, 9.17) is 0 Å². The molecule has 4 nitrogen and oxygen atoms in total. The van der Waals surface area contributed by atoms with E-state index in [2.05, 4.69) is 35.9 Å². The van der Waals surface area contributed by atoms with Crippen LogP contribution in [0, 0.1) is 23.3 Å². The lowest BCUT2D eigenvalue weighted by Crippen LogP contribution is -1.87.